The van der Waals surface area contributed by atoms with Crippen molar-refractivity contribution in [2.75, 3.05) is 26.4 Å². The minimum absolute atomic E-state index is 0.0775. The molecule has 10 aliphatic rings. The number of aliphatic hydroxyl groups is 13. The normalized spacial score (nSPS) is 58.3. The summed E-state index contributed by atoms with van der Waals surface area (Å²) in [5.41, 5.74) is -2.27. The summed E-state index contributed by atoms with van der Waals surface area (Å²) in [5.74, 6) is 0.334. The van der Waals surface area contributed by atoms with Gasteiger partial charge in [-0.3, -0.25) is 0 Å². The van der Waals surface area contributed by atoms with Crippen LogP contribution < -0.4 is 0 Å². The van der Waals surface area contributed by atoms with Crippen molar-refractivity contribution in [1.82, 2.24) is 0 Å². The predicted molar refractivity (Wildman–Crippen MR) is 256 cm³/mol. The van der Waals surface area contributed by atoms with Crippen molar-refractivity contribution in [1.29, 1.82) is 0 Å². The first-order valence-corrected chi connectivity index (χ1v) is 27.5. The Hall–Kier alpha value is -1.14. The van der Waals surface area contributed by atoms with E-state index >= 15 is 0 Å². The molecule has 4 saturated carbocycles. The first kappa shape index (κ1) is 57.1. The van der Waals surface area contributed by atoms with Crippen LogP contribution in [-0.2, 0) is 42.6 Å². The van der Waals surface area contributed by atoms with Crippen LogP contribution in [0.5, 0.6) is 0 Å². The minimum Gasteiger partial charge on any atom is -0.396 e. The van der Waals surface area contributed by atoms with E-state index in [2.05, 4.69) is 39.8 Å². The van der Waals surface area contributed by atoms with Gasteiger partial charge in [-0.25, -0.2) is 0 Å². The maximum atomic E-state index is 12.2. The summed E-state index contributed by atoms with van der Waals surface area (Å²) in [5, 5.41) is 144. The Kier molecular flexibility index (Phi) is 15.5. The van der Waals surface area contributed by atoms with Gasteiger partial charge in [-0.1, -0.05) is 46.8 Å². The van der Waals surface area contributed by atoms with Gasteiger partial charge in [0.2, 0.25) is 0 Å². The molecule has 0 aromatic carbocycles. The first-order valence-electron chi connectivity index (χ1n) is 27.5. The first-order chi connectivity index (χ1) is 35.3. The second-order valence-corrected chi connectivity index (χ2v) is 25.9. The summed E-state index contributed by atoms with van der Waals surface area (Å²) in [6.45, 7) is 12.8. The third kappa shape index (κ3) is 8.80. The van der Waals surface area contributed by atoms with Crippen LogP contribution in [-0.4, -0.2) is 233 Å². The molecule has 22 nitrogen and oxygen atoms in total. The van der Waals surface area contributed by atoms with Gasteiger partial charge in [-0.05, 0) is 93.8 Å². The van der Waals surface area contributed by atoms with E-state index in [0.29, 0.717) is 25.9 Å². The number of rotatable bonds is 11. The van der Waals surface area contributed by atoms with E-state index in [1.165, 1.54) is 13.8 Å². The second kappa shape index (κ2) is 20.4. The van der Waals surface area contributed by atoms with Crippen LogP contribution in [0.4, 0.5) is 0 Å². The highest BCUT2D eigenvalue weighted by Crippen LogP contribution is 2.76. The quantitative estimate of drug-likeness (QED) is 0.0791. The Morgan fingerprint density at radius 2 is 1.12 bits per heavy atom. The fraction of sp³-hybridized carbons (Fsp3) is 0.962. The summed E-state index contributed by atoms with van der Waals surface area (Å²) in [7, 11) is 0. The highest BCUT2D eigenvalue weighted by Gasteiger charge is 2.76. The Labute approximate surface area is 437 Å². The van der Waals surface area contributed by atoms with E-state index in [-0.39, 0.29) is 51.9 Å². The van der Waals surface area contributed by atoms with Gasteiger partial charge >= 0.3 is 0 Å². The standard InChI is InChI=1S/C53H86O22/c1-22-32(58)35(61)38(64)44(68-22)73-41-27(19-55)71-46(40(66)37(41)63)74-42-33(59)23(2)69-47(43(42)75-45-39(65)36(62)34(60)26(18-54)70-45)72-31-11-12-49(5)24-10-13-53-29-16-48(3,4)14-15-52(29,21-67-53)30(57)17-51(53,7)25(24)8-9-28(49)50(31,6)20-56/h10,13,22-47,54-66H,8-9,11-12,14-21H2,1-7H3/t22-,23+,24?,25?,26+,27+,28?,29?,30-,31-,32-,33-,34+,35+,36-,37+,38+,39+,40+,41+,42-,43+,44-,45-,46-,47-,49+,50-,51-,52+,53-/m0/s1. The Balaban J connectivity index is 0.926. The zero-order valence-corrected chi connectivity index (χ0v) is 44.1. The number of aliphatic hydroxyl groups excluding tert-OH is 13. The maximum Gasteiger partial charge on any atom is 0.187 e. The van der Waals surface area contributed by atoms with E-state index < -0.39 is 159 Å². The highest BCUT2D eigenvalue weighted by atomic mass is 16.8. The molecular weight excluding hydrogens is 989 g/mol. The molecule has 2 bridgehead atoms. The number of hydrogen-bond donors (Lipinski definition) is 13. The van der Waals surface area contributed by atoms with Crippen LogP contribution in [0.3, 0.4) is 0 Å². The van der Waals surface area contributed by atoms with Gasteiger partial charge in [0.05, 0.1) is 56.4 Å². The van der Waals surface area contributed by atoms with E-state index in [1.807, 2.05) is 6.92 Å². The van der Waals surface area contributed by atoms with Gasteiger partial charge in [-0.2, -0.15) is 0 Å². The zero-order chi connectivity index (χ0) is 54.3. The number of ether oxygens (including phenoxy) is 9. The van der Waals surface area contributed by atoms with Gasteiger partial charge in [0, 0.05) is 22.2 Å². The van der Waals surface area contributed by atoms with E-state index in [1.54, 1.807) is 0 Å². The molecule has 5 saturated heterocycles. The van der Waals surface area contributed by atoms with Crippen LogP contribution in [0.25, 0.3) is 0 Å². The number of fused-ring (bicyclic) bond motifs is 4. The minimum atomic E-state index is -2.01. The van der Waals surface area contributed by atoms with Crippen molar-refractivity contribution in [3.05, 3.63) is 12.2 Å². The molecule has 5 aliphatic carbocycles. The molecule has 5 aliphatic heterocycles. The molecule has 13 N–H and O–H groups in total. The molecule has 22 heteroatoms. The van der Waals surface area contributed by atoms with Crippen LogP contribution >= 0.6 is 0 Å². The molecule has 0 amide bonds. The largest absolute Gasteiger partial charge is 0.396 e. The lowest BCUT2D eigenvalue weighted by Gasteiger charge is -2.69. The Bertz CT molecular complexity index is 2050. The topological polar surface area (TPSA) is 346 Å². The predicted octanol–water partition coefficient (Wildman–Crippen LogP) is -1.94. The fourth-order valence-electron chi connectivity index (χ4n) is 16.7. The van der Waals surface area contributed by atoms with Gasteiger partial charge in [0.15, 0.2) is 25.2 Å². The van der Waals surface area contributed by atoms with Crippen LogP contribution in [0.1, 0.15) is 99.8 Å². The fourth-order valence-corrected chi connectivity index (χ4v) is 16.7. The molecule has 1 spiro atoms. The van der Waals surface area contributed by atoms with Crippen molar-refractivity contribution in [3.63, 3.8) is 0 Å². The summed E-state index contributed by atoms with van der Waals surface area (Å²) < 4.78 is 56.3. The summed E-state index contributed by atoms with van der Waals surface area (Å²) >= 11 is 0. The Morgan fingerprint density at radius 3 is 1.79 bits per heavy atom. The Morgan fingerprint density at radius 1 is 0.533 bits per heavy atom. The SMILES string of the molecule is C[C@@H]1O[C@@H](O[C@H]2[C@H](O)[C@@H](O)[C@H](O[C@H]3[C@@H](O)[C@@H](C)O[C@@H](O[C@H]4CC[C@]5(C)C6C=C[C@]78OC[C@@]9(CCC(C)(C)CC97)[C@@H](O)C[C@@]8(C)C6CCC5[C@]4(C)CO)[C@@H]3O[C@@H]3O[C@H](CO)[C@@H](O)[C@H](O)[C@H]3O)O[C@@H]2CO)[C@H](O)[C@H](O)[C@H]1O. The van der Waals surface area contributed by atoms with E-state index in [0.717, 1.165) is 32.1 Å². The average Bonchev–Trinajstić information content (AvgIpc) is 3.80. The summed E-state index contributed by atoms with van der Waals surface area (Å²) in [6.07, 6.45) is -23.2. The van der Waals surface area contributed by atoms with Gasteiger partial charge in [0.1, 0.15) is 85.5 Å². The molecule has 31 atom stereocenters. The van der Waals surface area contributed by atoms with Crippen molar-refractivity contribution in [2.45, 2.75) is 240 Å². The van der Waals surface area contributed by atoms with E-state index in [9.17, 15) is 66.4 Å². The zero-order valence-electron chi connectivity index (χ0n) is 44.1. The number of hydrogen-bond acceptors (Lipinski definition) is 22. The van der Waals surface area contributed by atoms with Gasteiger partial charge in [0.25, 0.3) is 0 Å². The molecule has 10 rings (SSSR count). The smallest absolute Gasteiger partial charge is 0.187 e. The third-order valence-electron chi connectivity index (χ3n) is 21.3. The molecule has 430 valence electrons. The monoisotopic (exact) mass is 1070 g/mol. The molecule has 75 heavy (non-hydrogen) atoms. The molecule has 0 aromatic rings. The molecule has 5 heterocycles. The van der Waals surface area contributed by atoms with Crippen LogP contribution in [0.2, 0.25) is 0 Å². The lowest BCUT2D eigenvalue weighted by atomic mass is 9.36. The lowest BCUT2D eigenvalue weighted by molar-refractivity contribution is -0.402. The summed E-state index contributed by atoms with van der Waals surface area (Å²) in [4.78, 5) is 0. The molecule has 9 fully saturated rings. The van der Waals surface area contributed by atoms with Crippen molar-refractivity contribution in [2.24, 2.45) is 50.7 Å². The lowest BCUT2D eigenvalue weighted by Crippen LogP contribution is -2.70. The van der Waals surface area contributed by atoms with Crippen molar-refractivity contribution in [3.8, 4) is 0 Å². The second-order valence-electron chi connectivity index (χ2n) is 25.9. The van der Waals surface area contributed by atoms with Crippen LogP contribution in [0, 0.1) is 50.7 Å². The average molecular weight is 1080 g/mol. The molecule has 4 unspecified atom stereocenters. The van der Waals surface area contributed by atoms with E-state index in [4.69, 9.17) is 42.6 Å². The van der Waals surface area contributed by atoms with Gasteiger partial charge in [-0.15, -0.1) is 0 Å². The van der Waals surface area contributed by atoms with Gasteiger partial charge < -0.3 is 109 Å². The highest BCUT2D eigenvalue weighted by molar-refractivity contribution is 5.33. The summed E-state index contributed by atoms with van der Waals surface area (Å²) in [6, 6.07) is 0. The van der Waals surface area contributed by atoms with Crippen molar-refractivity contribution < 1.29 is 109 Å². The molecular formula is C53H86O22. The maximum absolute atomic E-state index is 12.2. The van der Waals surface area contributed by atoms with Crippen molar-refractivity contribution >= 4 is 0 Å². The molecule has 0 aromatic heterocycles. The number of allylic oxidation sites excluding steroid dienone is 1. The third-order valence-corrected chi connectivity index (χ3v) is 21.3. The molecule has 0 radical (unpaired) electrons. The van der Waals surface area contributed by atoms with Crippen LogP contribution in [0.15, 0.2) is 12.2 Å².